The van der Waals surface area contributed by atoms with Crippen LogP contribution in [0.5, 0.6) is 0 Å². The number of unbranched alkanes of at least 4 members (excludes halogenated alkanes) is 1. The van der Waals surface area contributed by atoms with Crippen molar-refractivity contribution < 1.29 is 4.74 Å². The van der Waals surface area contributed by atoms with Crippen LogP contribution in [0, 0.1) is 11.3 Å². The standard InChI is InChI=1S/C24H28N2O/c25-15-7-8-16-26-21-13-14-22(26)18-23(17-21)27-24(19-9-3-1-4-10-19)20-11-5-2-6-12-20/h1-6,9-12,21-24H,7-8,13-14,16-18H2. The zero-order valence-electron chi connectivity index (χ0n) is 15.8. The minimum absolute atomic E-state index is 0.00180. The van der Waals surface area contributed by atoms with Crippen LogP contribution in [-0.2, 0) is 4.74 Å². The zero-order chi connectivity index (χ0) is 18.5. The molecule has 2 bridgehead atoms. The number of benzene rings is 2. The van der Waals surface area contributed by atoms with Crippen molar-refractivity contribution in [3.05, 3.63) is 71.8 Å². The molecular weight excluding hydrogens is 332 g/mol. The molecule has 2 unspecified atom stereocenters. The molecule has 0 spiro atoms. The van der Waals surface area contributed by atoms with Crippen LogP contribution in [0.4, 0.5) is 0 Å². The van der Waals surface area contributed by atoms with E-state index in [0.717, 1.165) is 25.8 Å². The Morgan fingerprint density at radius 3 is 2.00 bits per heavy atom. The number of ether oxygens (including phenoxy) is 1. The average molecular weight is 361 g/mol. The maximum atomic E-state index is 8.81. The van der Waals surface area contributed by atoms with E-state index in [1.807, 2.05) is 0 Å². The SMILES string of the molecule is N#CCCCN1C2CCC1CC(OC(c1ccccc1)c1ccccc1)C2. The summed E-state index contributed by atoms with van der Waals surface area (Å²) in [5.41, 5.74) is 2.46. The van der Waals surface area contributed by atoms with Gasteiger partial charge in [-0.3, -0.25) is 4.90 Å². The zero-order valence-corrected chi connectivity index (χ0v) is 15.8. The Hall–Kier alpha value is -2.15. The Labute approximate surface area is 162 Å². The van der Waals surface area contributed by atoms with Gasteiger partial charge in [0, 0.05) is 18.5 Å². The van der Waals surface area contributed by atoms with Crippen LogP contribution in [-0.4, -0.2) is 29.6 Å². The van der Waals surface area contributed by atoms with Crippen LogP contribution >= 0.6 is 0 Å². The summed E-state index contributed by atoms with van der Waals surface area (Å²) in [5, 5.41) is 8.81. The van der Waals surface area contributed by atoms with Crippen molar-refractivity contribution in [3.8, 4) is 6.07 Å². The number of nitriles is 1. The quantitative estimate of drug-likeness (QED) is 0.645. The van der Waals surface area contributed by atoms with Crippen LogP contribution < -0.4 is 0 Å². The lowest BCUT2D eigenvalue weighted by atomic mass is 9.97. The molecule has 2 aliphatic heterocycles. The number of hydrogen-bond acceptors (Lipinski definition) is 3. The molecule has 140 valence electrons. The number of rotatable bonds is 7. The smallest absolute Gasteiger partial charge is 0.108 e. The molecule has 0 aromatic heterocycles. The second-order valence-corrected chi connectivity index (χ2v) is 7.82. The first-order valence-corrected chi connectivity index (χ1v) is 10.2. The highest BCUT2D eigenvalue weighted by Gasteiger charge is 2.41. The maximum Gasteiger partial charge on any atom is 0.108 e. The fourth-order valence-corrected chi connectivity index (χ4v) is 4.84. The second-order valence-electron chi connectivity index (χ2n) is 7.82. The van der Waals surface area contributed by atoms with Gasteiger partial charge < -0.3 is 4.74 Å². The lowest BCUT2D eigenvalue weighted by Crippen LogP contribution is -2.46. The van der Waals surface area contributed by atoms with E-state index in [0.29, 0.717) is 24.6 Å². The van der Waals surface area contributed by atoms with Crippen LogP contribution in [0.2, 0.25) is 0 Å². The summed E-state index contributed by atoms with van der Waals surface area (Å²) in [6.45, 7) is 1.07. The van der Waals surface area contributed by atoms with Gasteiger partial charge >= 0.3 is 0 Å². The molecule has 2 aliphatic rings. The molecule has 4 rings (SSSR count). The Bertz CT molecular complexity index is 701. The molecule has 0 aliphatic carbocycles. The summed E-state index contributed by atoms with van der Waals surface area (Å²) in [7, 11) is 0. The number of piperidine rings is 1. The van der Waals surface area contributed by atoms with Gasteiger partial charge in [0.25, 0.3) is 0 Å². The van der Waals surface area contributed by atoms with Gasteiger partial charge in [0.15, 0.2) is 0 Å². The molecule has 2 atom stereocenters. The van der Waals surface area contributed by atoms with Crippen LogP contribution in [0.1, 0.15) is 55.8 Å². The monoisotopic (exact) mass is 360 g/mol. The largest absolute Gasteiger partial charge is 0.365 e. The molecule has 27 heavy (non-hydrogen) atoms. The van der Waals surface area contributed by atoms with Gasteiger partial charge in [-0.25, -0.2) is 0 Å². The van der Waals surface area contributed by atoms with Gasteiger partial charge in [-0.15, -0.1) is 0 Å². The Morgan fingerprint density at radius 1 is 0.926 bits per heavy atom. The van der Waals surface area contributed by atoms with E-state index in [9.17, 15) is 0 Å². The predicted octanol–water partition coefficient (Wildman–Crippen LogP) is 5.09. The highest BCUT2D eigenvalue weighted by molar-refractivity contribution is 5.30. The molecular formula is C24H28N2O. The minimum atomic E-state index is 0.00180. The molecule has 0 amide bonds. The molecule has 2 aromatic rings. The molecule has 0 saturated carbocycles. The van der Waals surface area contributed by atoms with Crippen molar-refractivity contribution in [1.29, 1.82) is 5.26 Å². The van der Waals surface area contributed by atoms with E-state index in [2.05, 4.69) is 71.6 Å². The van der Waals surface area contributed by atoms with E-state index in [1.165, 1.54) is 24.0 Å². The first kappa shape index (κ1) is 18.2. The van der Waals surface area contributed by atoms with Gasteiger partial charge in [0.2, 0.25) is 0 Å². The molecule has 2 saturated heterocycles. The fraction of sp³-hybridized carbons (Fsp3) is 0.458. The third-order valence-corrected chi connectivity index (χ3v) is 6.08. The highest BCUT2D eigenvalue weighted by Crippen LogP contribution is 2.39. The third kappa shape index (κ3) is 4.24. The lowest BCUT2D eigenvalue weighted by Gasteiger charge is -2.40. The Morgan fingerprint density at radius 2 is 1.48 bits per heavy atom. The lowest BCUT2D eigenvalue weighted by molar-refractivity contribution is -0.0482. The van der Waals surface area contributed by atoms with E-state index in [1.54, 1.807) is 0 Å². The van der Waals surface area contributed by atoms with Gasteiger partial charge in [0.1, 0.15) is 6.10 Å². The van der Waals surface area contributed by atoms with Gasteiger partial charge in [-0.2, -0.15) is 5.26 Å². The minimum Gasteiger partial charge on any atom is -0.365 e. The first-order valence-electron chi connectivity index (χ1n) is 10.2. The summed E-state index contributed by atoms with van der Waals surface area (Å²) < 4.78 is 6.74. The number of hydrogen-bond donors (Lipinski definition) is 0. The van der Waals surface area contributed by atoms with Gasteiger partial charge in [-0.05, 0) is 49.8 Å². The van der Waals surface area contributed by atoms with Gasteiger partial charge in [-0.1, -0.05) is 60.7 Å². The van der Waals surface area contributed by atoms with Crippen molar-refractivity contribution in [2.45, 2.75) is 62.8 Å². The molecule has 0 radical (unpaired) electrons. The van der Waals surface area contributed by atoms with E-state index in [-0.39, 0.29) is 6.10 Å². The summed E-state index contributed by atoms with van der Waals surface area (Å²) in [6, 6.07) is 24.7. The molecule has 2 fully saturated rings. The van der Waals surface area contributed by atoms with Crippen LogP contribution in [0.25, 0.3) is 0 Å². The second kappa shape index (κ2) is 8.69. The highest BCUT2D eigenvalue weighted by atomic mass is 16.5. The van der Waals surface area contributed by atoms with Crippen molar-refractivity contribution >= 4 is 0 Å². The predicted molar refractivity (Wildman–Crippen MR) is 107 cm³/mol. The van der Waals surface area contributed by atoms with Crippen LogP contribution in [0.3, 0.4) is 0 Å². The molecule has 2 aromatic carbocycles. The van der Waals surface area contributed by atoms with E-state index < -0.39 is 0 Å². The molecule has 2 heterocycles. The Kier molecular flexibility index (Phi) is 5.87. The van der Waals surface area contributed by atoms with Crippen molar-refractivity contribution in [2.24, 2.45) is 0 Å². The van der Waals surface area contributed by atoms with Crippen molar-refractivity contribution in [1.82, 2.24) is 4.90 Å². The number of nitrogens with zero attached hydrogens (tertiary/aromatic N) is 2. The van der Waals surface area contributed by atoms with E-state index >= 15 is 0 Å². The fourth-order valence-electron chi connectivity index (χ4n) is 4.84. The first-order chi connectivity index (χ1) is 13.3. The normalized spacial score (nSPS) is 24.8. The molecule has 3 heteroatoms. The van der Waals surface area contributed by atoms with Crippen molar-refractivity contribution in [3.63, 3.8) is 0 Å². The van der Waals surface area contributed by atoms with Crippen molar-refractivity contribution in [2.75, 3.05) is 6.54 Å². The molecule has 0 N–H and O–H groups in total. The van der Waals surface area contributed by atoms with Crippen LogP contribution in [0.15, 0.2) is 60.7 Å². The Balaban J connectivity index is 1.46. The average Bonchev–Trinajstić information content (AvgIpc) is 2.96. The third-order valence-electron chi connectivity index (χ3n) is 6.08. The summed E-state index contributed by atoms with van der Waals surface area (Å²) >= 11 is 0. The summed E-state index contributed by atoms with van der Waals surface area (Å²) in [6.07, 6.45) is 6.74. The number of fused-ring (bicyclic) bond motifs is 2. The topological polar surface area (TPSA) is 36.3 Å². The summed E-state index contributed by atoms with van der Waals surface area (Å²) in [4.78, 5) is 2.65. The van der Waals surface area contributed by atoms with Gasteiger partial charge in [0.05, 0.1) is 12.2 Å². The maximum absolute atomic E-state index is 8.81. The molecule has 3 nitrogen and oxygen atoms in total. The summed E-state index contributed by atoms with van der Waals surface area (Å²) in [5.74, 6) is 0. The van der Waals surface area contributed by atoms with E-state index in [4.69, 9.17) is 10.00 Å².